The van der Waals surface area contributed by atoms with Crippen molar-refractivity contribution >= 4 is 5.91 Å². The van der Waals surface area contributed by atoms with Gasteiger partial charge in [-0.2, -0.15) is 0 Å². The summed E-state index contributed by atoms with van der Waals surface area (Å²) in [6, 6.07) is 0.187. The molecule has 0 spiro atoms. The zero-order chi connectivity index (χ0) is 10.6. The molecule has 0 saturated carbocycles. The van der Waals surface area contributed by atoms with Crippen molar-refractivity contribution in [2.45, 2.75) is 31.8 Å². The molecule has 0 aliphatic carbocycles. The fourth-order valence-corrected chi connectivity index (χ4v) is 1.94. The van der Waals surface area contributed by atoms with Crippen molar-refractivity contribution in [1.29, 1.82) is 0 Å². The molecule has 1 fully saturated rings. The number of carbonyl (C=O) groups excluding carboxylic acids is 1. The highest BCUT2D eigenvalue weighted by Gasteiger charge is 2.30. The van der Waals surface area contributed by atoms with E-state index in [0.717, 1.165) is 19.4 Å². The Morgan fingerprint density at radius 2 is 2.43 bits per heavy atom. The molecular weight excluding hydrogens is 180 g/mol. The van der Waals surface area contributed by atoms with Gasteiger partial charge in [-0.15, -0.1) is 0 Å². The lowest BCUT2D eigenvalue weighted by Gasteiger charge is -2.36. The zero-order valence-corrected chi connectivity index (χ0v) is 9.25. The van der Waals surface area contributed by atoms with Gasteiger partial charge in [0.05, 0.1) is 18.7 Å². The Kier molecular flexibility index (Phi) is 4.35. The number of amides is 1. The van der Waals surface area contributed by atoms with Crippen LogP contribution in [0.1, 0.15) is 19.8 Å². The van der Waals surface area contributed by atoms with Crippen molar-refractivity contribution < 1.29 is 9.53 Å². The molecule has 1 saturated heterocycles. The lowest BCUT2D eigenvalue weighted by molar-refractivity contribution is -0.139. The van der Waals surface area contributed by atoms with Gasteiger partial charge < -0.3 is 15.0 Å². The Morgan fingerprint density at radius 1 is 1.71 bits per heavy atom. The fraction of sp³-hybridized carbons (Fsp3) is 0.900. The molecule has 4 nitrogen and oxygen atoms in total. The van der Waals surface area contributed by atoms with Gasteiger partial charge in [0, 0.05) is 13.7 Å². The van der Waals surface area contributed by atoms with Gasteiger partial charge in [-0.3, -0.25) is 4.79 Å². The van der Waals surface area contributed by atoms with E-state index in [1.54, 1.807) is 7.11 Å². The van der Waals surface area contributed by atoms with Crippen LogP contribution >= 0.6 is 0 Å². The average Bonchev–Trinajstić information content (AvgIpc) is 2.18. The molecule has 1 aliphatic rings. The van der Waals surface area contributed by atoms with Crippen molar-refractivity contribution in [3.8, 4) is 0 Å². The van der Waals surface area contributed by atoms with Gasteiger partial charge in [0.15, 0.2) is 0 Å². The minimum absolute atomic E-state index is 0.00283. The van der Waals surface area contributed by atoms with Crippen LogP contribution in [0.2, 0.25) is 0 Å². The Balaban J connectivity index is 2.55. The molecule has 2 atom stereocenters. The van der Waals surface area contributed by atoms with Crippen LogP contribution in [-0.2, 0) is 9.53 Å². The standard InChI is InChI=1S/C10H20N2O2/c1-8(7-14-3)12-6-4-5-9(11-2)10(12)13/h8-9,11H,4-7H2,1-3H3. The Labute approximate surface area is 85.6 Å². The lowest BCUT2D eigenvalue weighted by atomic mass is 10.0. The van der Waals surface area contributed by atoms with Gasteiger partial charge in [0.2, 0.25) is 5.91 Å². The molecule has 1 amide bonds. The Bertz CT molecular complexity index is 197. The van der Waals surface area contributed by atoms with E-state index in [1.165, 1.54) is 0 Å². The van der Waals surface area contributed by atoms with Gasteiger partial charge >= 0.3 is 0 Å². The predicted octanol–water partition coefficient (Wildman–Crippen LogP) is 0.232. The number of likely N-dealkylation sites (tertiary alicyclic amines) is 1. The van der Waals surface area contributed by atoms with E-state index in [0.29, 0.717) is 6.61 Å². The van der Waals surface area contributed by atoms with Gasteiger partial charge in [-0.05, 0) is 26.8 Å². The number of ether oxygens (including phenoxy) is 1. The highest BCUT2D eigenvalue weighted by Crippen LogP contribution is 2.14. The molecule has 0 aromatic rings. The number of rotatable bonds is 4. The van der Waals surface area contributed by atoms with Crippen molar-refractivity contribution in [3.63, 3.8) is 0 Å². The molecule has 0 aromatic carbocycles. The summed E-state index contributed by atoms with van der Waals surface area (Å²) in [6.45, 7) is 3.50. The van der Waals surface area contributed by atoms with Crippen LogP contribution < -0.4 is 5.32 Å². The summed E-state index contributed by atoms with van der Waals surface area (Å²) in [5.41, 5.74) is 0. The summed E-state index contributed by atoms with van der Waals surface area (Å²) < 4.78 is 5.06. The smallest absolute Gasteiger partial charge is 0.240 e. The summed E-state index contributed by atoms with van der Waals surface area (Å²) in [5.74, 6) is 0.211. The third-order valence-electron chi connectivity index (χ3n) is 2.76. The average molecular weight is 200 g/mol. The first-order chi connectivity index (χ1) is 6.70. The van der Waals surface area contributed by atoms with E-state index in [2.05, 4.69) is 5.32 Å². The molecule has 0 radical (unpaired) electrons. The van der Waals surface area contributed by atoms with Gasteiger partial charge in [-0.25, -0.2) is 0 Å². The van der Waals surface area contributed by atoms with E-state index < -0.39 is 0 Å². The topological polar surface area (TPSA) is 41.6 Å². The number of likely N-dealkylation sites (N-methyl/N-ethyl adjacent to an activating group) is 1. The van der Waals surface area contributed by atoms with E-state index in [-0.39, 0.29) is 18.0 Å². The number of nitrogens with one attached hydrogen (secondary N) is 1. The number of methoxy groups -OCH3 is 1. The second kappa shape index (κ2) is 5.32. The molecule has 82 valence electrons. The molecule has 14 heavy (non-hydrogen) atoms. The van der Waals surface area contributed by atoms with E-state index in [9.17, 15) is 4.79 Å². The summed E-state index contributed by atoms with van der Waals surface area (Å²) >= 11 is 0. The largest absolute Gasteiger partial charge is 0.383 e. The van der Waals surface area contributed by atoms with Crippen LogP contribution in [-0.4, -0.2) is 50.2 Å². The van der Waals surface area contributed by atoms with Gasteiger partial charge in [0.25, 0.3) is 0 Å². The normalized spacial score (nSPS) is 25.2. The highest BCUT2D eigenvalue weighted by molar-refractivity contribution is 5.82. The van der Waals surface area contributed by atoms with Crippen LogP contribution in [0.15, 0.2) is 0 Å². The molecule has 1 rings (SSSR count). The van der Waals surface area contributed by atoms with Crippen molar-refractivity contribution in [2.75, 3.05) is 27.3 Å². The number of carbonyl (C=O) groups is 1. The van der Waals surface area contributed by atoms with E-state index >= 15 is 0 Å². The molecular formula is C10H20N2O2. The number of hydrogen-bond donors (Lipinski definition) is 1. The maximum Gasteiger partial charge on any atom is 0.240 e. The minimum atomic E-state index is 0.00283. The Hall–Kier alpha value is -0.610. The molecule has 2 unspecified atom stereocenters. The van der Waals surface area contributed by atoms with Crippen LogP contribution in [0, 0.1) is 0 Å². The first kappa shape index (κ1) is 11.5. The van der Waals surface area contributed by atoms with Gasteiger partial charge in [-0.1, -0.05) is 0 Å². The molecule has 1 N–H and O–H groups in total. The van der Waals surface area contributed by atoms with Crippen molar-refractivity contribution in [2.24, 2.45) is 0 Å². The first-order valence-electron chi connectivity index (χ1n) is 5.17. The first-order valence-corrected chi connectivity index (χ1v) is 5.17. The van der Waals surface area contributed by atoms with Crippen LogP contribution in [0.4, 0.5) is 0 Å². The van der Waals surface area contributed by atoms with Crippen LogP contribution in [0.3, 0.4) is 0 Å². The summed E-state index contributed by atoms with van der Waals surface area (Å²) in [5, 5.41) is 3.05. The lowest BCUT2D eigenvalue weighted by Crippen LogP contribution is -2.53. The fourth-order valence-electron chi connectivity index (χ4n) is 1.94. The number of hydrogen-bond acceptors (Lipinski definition) is 3. The third kappa shape index (κ3) is 2.45. The van der Waals surface area contributed by atoms with Crippen LogP contribution in [0.5, 0.6) is 0 Å². The highest BCUT2D eigenvalue weighted by atomic mass is 16.5. The molecule has 1 heterocycles. The summed E-state index contributed by atoms with van der Waals surface area (Å²) in [7, 11) is 3.51. The van der Waals surface area contributed by atoms with Crippen molar-refractivity contribution in [3.05, 3.63) is 0 Å². The van der Waals surface area contributed by atoms with E-state index in [4.69, 9.17) is 4.74 Å². The third-order valence-corrected chi connectivity index (χ3v) is 2.76. The second-order valence-electron chi connectivity index (χ2n) is 3.82. The monoisotopic (exact) mass is 200 g/mol. The Morgan fingerprint density at radius 3 is 3.00 bits per heavy atom. The molecule has 4 heteroatoms. The SMILES string of the molecule is CNC1CCCN(C(C)COC)C1=O. The van der Waals surface area contributed by atoms with Gasteiger partial charge in [0.1, 0.15) is 0 Å². The zero-order valence-electron chi connectivity index (χ0n) is 9.25. The predicted molar refractivity (Wildman–Crippen MR) is 55.1 cm³/mol. The maximum atomic E-state index is 11.9. The molecule has 1 aliphatic heterocycles. The molecule has 0 aromatic heterocycles. The second-order valence-corrected chi connectivity index (χ2v) is 3.82. The maximum absolute atomic E-state index is 11.9. The number of piperidine rings is 1. The summed E-state index contributed by atoms with van der Waals surface area (Å²) in [6.07, 6.45) is 2.02. The van der Waals surface area contributed by atoms with E-state index in [1.807, 2.05) is 18.9 Å². The minimum Gasteiger partial charge on any atom is -0.383 e. The summed E-state index contributed by atoms with van der Waals surface area (Å²) in [4.78, 5) is 13.8. The molecule has 0 bridgehead atoms. The quantitative estimate of drug-likeness (QED) is 0.706. The van der Waals surface area contributed by atoms with Crippen LogP contribution in [0.25, 0.3) is 0 Å². The van der Waals surface area contributed by atoms with Crippen molar-refractivity contribution in [1.82, 2.24) is 10.2 Å². The number of nitrogens with zero attached hydrogens (tertiary/aromatic N) is 1.